The molecular formula is C32H41FeNO2P2-6. The molecule has 6 heteroatoms. The third-order valence-corrected chi connectivity index (χ3v) is 10.3. The van der Waals surface area contributed by atoms with Crippen LogP contribution in [-0.2, 0) is 17.1 Å². The van der Waals surface area contributed by atoms with Crippen LogP contribution in [0.25, 0.3) is 22.3 Å². The fourth-order valence-corrected chi connectivity index (χ4v) is 7.95. The second-order valence-corrected chi connectivity index (χ2v) is 12.5. The fourth-order valence-electron chi connectivity index (χ4n) is 4.78. The SMILES string of the molecule is CCP(CC)[c-]1c(P)c(-c2ccccc2OC)c(-c2ccccc2OC)c1C(C)N(C)C.[Fe].[cH-]1[cH-][cH-][cH-][cH-]1. The number of ether oxygens (including phenoxy) is 2. The summed E-state index contributed by atoms with van der Waals surface area (Å²) in [6.07, 6.45) is 2.34. The maximum absolute atomic E-state index is 5.86. The van der Waals surface area contributed by atoms with Gasteiger partial charge in [-0.25, -0.2) is 0 Å². The van der Waals surface area contributed by atoms with Crippen molar-refractivity contribution < 1.29 is 26.5 Å². The zero-order valence-electron chi connectivity index (χ0n) is 23.6. The second-order valence-electron chi connectivity index (χ2n) is 9.10. The molecule has 0 saturated heterocycles. The van der Waals surface area contributed by atoms with Crippen LogP contribution in [0.5, 0.6) is 11.5 Å². The molecule has 210 valence electrons. The van der Waals surface area contributed by atoms with Gasteiger partial charge in [0, 0.05) is 23.1 Å². The number of nitrogens with zero attached hydrogens (tertiary/aromatic N) is 1. The molecule has 0 radical (unpaired) electrons. The van der Waals surface area contributed by atoms with Crippen LogP contribution in [0.1, 0.15) is 32.4 Å². The molecule has 0 fully saturated rings. The second kappa shape index (κ2) is 15.6. The van der Waals surface area contributed by atoms with Gasteiger partial charge in [0.15, 0.2) is 0 Å². The monoisotopic (exact) mass is 589 g/mol. The van der Waals surface area contributed by atoms with Crippen LogP contribution in [0, 0.1) is 0 Å². The van der Waals surface area contributed by atoms with Gasteiger partial charge < -0.3 is 44.7 Å². The number of hydrogen-bond acceptors (Lipinski definition) is 3. The molecule has 38 heavy (non-hydrogen) atoms. The van der Waals surface area contributed by atoms with Crippen molar-refractivity contribution >= 4 is 27.8 Å². The minimum atomic E-state index is -0.283. The van der Waals surface area contributed by atoms with E-state index in [0.717, 1.165) is 22.6 Å². The van der Waals surface area contributed by atoms with Crippen molar-refractivity contribution in [1.29, 1.82) is 0 Å². The molecule has 0 aromatic heterocycles. The maximum Gasteiger partial charge on any atom is 0.113 e. The van der Waals surface area contributed by atoms with E-state index in [4.69, 9.17) is 9.47 Å². The number of rotatable bonds is 9. The Hall–Kier alpha value is -1.92. The number of benzene rings is 2. The Kier molecular flexibility index (Phi) is 13.3. The fraction of sp³-hybridized carbons (Fsp3) is 0.312. The molecule has 3 nitrogen and oxygen atoms in total. The van der Waals surface area contributed by atoms with Crippen LogP contribution in [-0.4, -0.2) is 45.5 Å². The van der Waals surface area contributed by atoms with Crippen LogP contribution >= 0.6 is 17.2 Å². The average molecular weight is 589 g/mol. The van der Waals surface area contributed by atoms with Gasteiger partial charge in [-0.15, -0.1) is 33.3 Å². The van der Waals surface area contributed by atoms with Gasteiger partial charge in [-0.3, -0.25) is 0 Å². The largest absolute Gasteiger partial charge is 0.748 e. The minimum absolute atomic E-state index is 0. The zero-order valence-corrected chi connectivity index (χ0v) is 26.8. The molecule has 4 rings (SSSR count). The van der Waals surface area contributed by atoms with Crippen molar-refractivity contribution in [2.45, 2.75) is 26.8 Å². The van der Waals surface area contributed by atoms with E-state index in [9.17, 15) is 0 Å². The van der Waals surface area contributed by atoms with Gasteiger partial charge in [0.1, 0.15) is 11.5 Å². The molecule has 0 spiro atoms. The summed E-state index contributed by atoms with van der Waals surface area (Å²) in [5.41, 5.74) is 6.19. The predicted octanol–water partition coefficient (Wildman–Crippen LogP) is 7.43. The van der Waals surface area contributed by atoms with Gasteiger partial charge in [0.25, 0.3) is 0 Å². The molecule has 4 aromatic rings. The Balaban J connectivity index is 0.000000756. The van der Waals surface area contributed by atoms with Crippen LogP contribution in [0.3, 0.4) is 0 Å². The first kappa shape index (κ1) is 32.3. The quantitative estimate of drug-likeness (QED) is 0.115. The molecule has 0 saturated carbocycles. The van der Waals surface area contributed by atoms with E-state index in [2.05, 4.69) is 85.4 Å². The van der Waals surface area contributed by atoms with Gasteiger partial charge in [0.2, 0.25) is 0 Å². The average Bonchev–Trinajstić information content (AvgIpc) is 3.60. The standard InChI is InChI=1S/C27H36NO2P2.C5H5.Fe/c1-8-32(9-2)27-23(18(3)28(4)5)24(19-14-10-12-16-21(19)29-6)25(26(27)31)20-15-11-13-17-22(20)30-7;1-2-4-5-3-1;/h10-18H,8-9,31H2,1-7H3;1-5H;/q-1;-5;. The van der Waals surface area contributed by atoms with E-state index >= 15 is 0 Å². The van der Waals surface area contributed by atoms with Crippen LogP contribution in [0.15, 0.2) is 78.9 Å². The third kappa shape index (κ3) is 6.98. The number of hydrogen-bond donors (Lipinski definition) is 0. The van der Waals surface area contributed by atoms with Crippen LogP contribution in [0.2, 0.25) is 0 Å². The molecule has 0 amide bonds. The van der Waals surface area contributed by atoms with Crippen molar-refractivity contribution in [3.63, 3.8) is 0 Å². The summed E-state index contributed by atoms with van der Waals surface area (Å²) in [7, 11) is 10.7. The third-order valence-electron chi connectivity index (χ3n) is 6.88. The Morgan fingerprint density at radius 1 is 0.816 bits per heavy atom. The summed E-state index contributed by atoms with van der Waals surface area (Å²) < 4.78 is 11.7. The smallest absolute Gasteiger partial charge is 0.113 e. The number of methoxy groups -OCH3 is 2. The van der Waals surface area contributed by atoms with E-state index in [1.54, 1.807) is 14.2 Å². The molecule has 2 atom stereocenters. The van der Waals surface area contributed by atoms with E-state index in [0.29, 0.717) is 0 Å². The first-order valence-electron chi connectivity index (χ1n) is 12.9. The molecule has 0 aliphatic carbocycles. The van der Waals surface area contributed by atoms with E-state index in [1.807, 2.05) is 42.5 Å². The molecule has 2 unspecified atom stereocenters. The minimum Gasteiger partial charge on any atom is -0.748 e. The summed E-state index contributed by atoms with van der Waals surface area (Å²) in [5, 5.41) is 2.81. The molecule has 0 N–H and O–H groups in total. The van der Waals surface area contributed by atoms with Crippen molar-refractivity contribution in [2.24, 2.45) is 0 Å². The topological polar surface area (TPSA) is 21.7 Å². The van der Waals surface area contributed by atoms with E-state index in [-0.39, 0.29) is 31.0 Å². The van der Waals surface area contributed by atoms with Gasteiger partial charge in [0.05, 0.1) is 14.2 Å². The molecule has 0 aliphatic heterocycles. The Morgan fingerprint density at radius 2 is 1.24 bits per heavy atom. The first-order chi connectivity index (χ1) is 17.9. The Labute approximate surface area is 244 Å². The van der Waals surface area contributed by atoms with Crippen molar-refractivity contribution in [2.75, 3.05) is 40.6 Å². The van der Waals surface area contributed by atoms with Crippen molar-refractivity contribution in [3.8, 4) is 33.8 Å². The molecular weight excluding hydrogens is 548 g/mol. The van der Waals surface area contributed by atoms with Gasteiger partial charge in [-0.2, -0.15) is 11.1 Å². The molecule has 4 aromatic carbocycles. The Morgan fingerprint density at radius 3 is 1.63 bits per heavy atom. The maximum atomic E-state index is 5.86. The summed E-state index contributed by atoms with van der Waals surface area (Å²) >= 11 is 0. The zero-order chi connectivity index (χ0) is 26.9. The van der Waals surface area contributed by atoms with Gasteiger partial charge in [-0.1, -0.05) is 50.2 Å². The molecule has 0 bridgehead atoms. The number of para-hydroxylation sites is 2. The Bertz CT molecular complexity index is 1230. The molecule has 0 aliphatic rings. The summed E-state index contributed by atoms with van der Waals surface area (Å²) in [6.45, 7) is 6.95. The van der Waals surface area contributed by atoms with Gasteiger partial charge in [-0.05, 0) is 56.6 Å². The predicted molar refractivity (Wildman–Crippen MR) is 167 cm³/mol. The molecule has 0 heterocycles. The van der Waals surface area contributed by atoms with Crippen molar-refractivity contribution in [3.05, 3.63) is 84.4 Å². The summed E-state index contributed by atoms with van der Waals surface area (Å²) in [6, 6.07) is 27.0. The normalized spacial score (nSPS) is 11.5. The summed E-state index contributed by atoms with van der Waals surface area (Å²) in [4.78, 5) is 2.31. The van der Waals surface area contributed by atoms with Crippen LogP contribution < -0.4 is 20.1 Å². The van der Waals surface area contributed by atoms with E-state index in [1.165, 1.54) is 39.6 Å². The van der Waals surface area contributed by atoms with E-state index < -0.39 is 0 Å². The first-order valence-corrected chi connectivity index (χ1v) is 15.2. The van der Waals surface area contributed by atoms with Gasteiger partial charge >= 0.3 is 0 Å². The summed E-state index contributed by atoms with van der Waals surface area (Å²) in [5.74, 6) is 1.79. The van der Waals surface area contributed by atoms with Crippen LogP contribution in [0.4, 0.5) is 0 Å². The van der Waals surface area contributed by atoms with Crippen molar-refractivity contribution in [1.82, 2.24) is 4.90 Å².